The number of rotatable bonds is 2. The first kappa shape index (κ1) is 29.0. The molecule has 209 valence electrons. The minimum atomic E-state index is -1.44. The Labute approximate surface area is 236 Å². The maximum atomic E-state index is 12.3. The van der Waals surface area contributed by atoms with Crippen LogP contribution in [0.15, 0.2) is 58.2 Å². The minimum absolute atomic E-state index is 0.000878. The first-order valence-corrected chi connectivity index (χ1v) is 12.7. The molecule has 0 amide bonds. The Morgan fingerprint density at radius 3 is 1.88 bits per heavy atom. The zero-order valence-corrected chi connectivity index (χ0v) is 22.4. The van der Waals surface area contributed by atoms with Crippen LogP contribution in [0.25, 0.3) is 0 Å². The van der Waals surface area contributed by atoms with E-state index in [4.69, 9.17) is 16.8 Å². The second-order valence-corrected chi connectivity index (χ2v) is 9.11. The number of furan rings is 1. The Hall–Kier alpha value is -5.00. The molecule has 0 saturated heterocycles. The first-order valence-electron chi connectivity index (χ1n) is 11.7. The molecule has 0 saturated carbocycles. The summed E-state index contributed by atoms with van der Waals surface area (Å²) < 4.78 is 27.2. The second-order valence-electron chi connectivity index (χ2n) is 8.92. The van der Waals surface area contributed by atoms with Crippen LogP contribution < -0.4 is 0 Å². The van der Waals surface area contributed by atoms with Crippen molar-refractivity contribution in [3.8, 4) is 11.5 Å². The van der Waals surface area contributed by atoms with Crippen LogP contribution in [0.5, 0.6) is 11.5 Å². The van der Waals surface area contributed by atoms with Gasteiger partial charge in [0.15, 0.2) is 40.7 Å². The number of hydrogen-bond acceptors (Lipinski definition) is 12. The number of phenols is 2. The van der Waals surface area contributed by atoms with E-state index in [0.717, 1.165) is 0 Å². The fourth-order valence-corrected chi connectivity index (χ4v) is 4.51. The van der Waals surface area contributed by atoms with Crippen molar-refractivity contribution in [3.63, 3.8) is 0 Å². The van der Waals surface area contributed by atoms with Crippen LogP contribution in [-0.2, 0) is 32.0 Å². The molecular weight excluding hydrogens is 583 g/mol. The van der Waals surface area contributed by atoms with Crippen molar-refractivity contribution in [2.24, 2.45) is 0 Å². The normalized spacial score (nSPS) is 16.1. The molecule has 1 aliphatic heterocycles. The van der Waals surface area contributed by atoms with Gasteiger partial charge < -0.3 is 19.4 Å². The molecule has 2 aliphatic carbocycles. The van der Waals surface area contributed by atoms with Crippen LogP contribution in [0.3, 0.4) is 0 Å². The number of phenolic OH excluding ortho intramolecular Hbond substituents is 2. The van der Waals surface area contributed by atoms with E-state index in [1.54, 1.807) is 0 Å². The molecule has 0 bridgehead atoms. The quantitative estimate of drug-likeness (QED) is 0.252. The van der Waals surface area contributed by atoms with E-state index in [0.29, 0.717) is 0 Å². The number of carbonyl (C=O) groups excluding carboxylic acids is 6. The summed E-state index contributed by atoms with van der Waals surface area (Å²) in [5, 5.41) is 19.5. The first-order chi connectivity index (χ1) is 19.4. The molecule has 2 aromatic carbocycles. The molecule has 0 fully saturated rings. The summed E-state index contributed by atoms with van der Waals surface area (Å²) in [6.07, 6.45) is -0.697. The van der Waals surface area contributed by atoms with Gasteiger partial charge in [-0.15, -0.1) is 0 Å². The third-order valence-electron chi connectivity index (χ3n) is 6.42. The third-order valence-corrected chi connectivity index (χ3v) is 6.42. The summed E-state index contributed by atoms with van der Waals surface area (Å²) in [5.41, 5.74) is 0.355. The number of Topliss-reactive ketones (excluding diaryl/α,β-unsaturated/α-hetero) is 4. The Kier molecular flexibility index (Phi) is 7.95. The fraction of sp³-hybridized carbons (Fsp3) is 0.143. The number of aromatic hydroxyl groups is 2. The topological polar surface area (TPSA) is 199 Å². The van der Waals surface area contributed by atoms with Crippen molar-refractivity contribution in [2.45, 2.75) is 26.4 Å². The Morgan fingerprint density at radius 2 is 1.34 bits per heavy atom. The van der Waals surface area contributed by atoms with Crippen LogP contribution >= 0.6 is 0 Å². The SMILES string of the molecule is CC(=O)C1CC2=C(O1)C(=O)c1cccc(O)c1C2=O.CC(=O)c1cc2c(o1)C(=O)c1cccc(O)c1C2=O.[O]=[Mn]=[O]. The Balaban J connectivity index is 0.000000173. The van der Waals surface area contributed by atoms with E-state index in [-0.39, 0.29) is 80.2 Å². The molecule has 1 aromatic heterocycles. The average molecular weight is 601 g/mol. The molecule has 0 spiro atoms. The van der Waals surface area contributed by atoms with E-state index in [1.807, 2.05) is 0 Å². The number of carbonyl (C=O) groups is 6. The van der Waals surface area contributed by atoms with Crippen molar-refractivity contribution in [3.05, 3.63) is 93.1 Å². The van der Waals surface area contributed by atoms with Crippen molar-refractivity contribution in [1.82, 2.24) is 0 Å². The predicted octanol–water partition coefficient (Wildman–Crippen LogP) is 3.13. The standard InChI is InChI=1S/C14H10O5.C14H8O5.Mn.2O/c2*1-6(15)10-5-8-12(17)11-7(3-2-4-9(11)16)13(18)14(8)19-10;;;/h2-4,10,16H,5H2,1H3;2-5,16H,1H3;;;. The Morgan fingerprint density at radius 1 is 0.805 bits per heavy atom. The van der Waals surface area contributed by atoms with Crippen molar-refractivity contribution < 1.29 is 70.6 Å². The third kappa shape index (κ3) is 5.04. The van der Waals surface area contributed by atoms with Gasteiger partial charge in [0, 0.05) is 24.5 Å². The number of ketones is 6. The summed E-state index contributed by atoms with van der Waals surface area (Å²) in [6.45, 7) is 2.63. The molecule has 3 aromatic rings. The summed E-state index contributed by atoms with van der Waals surface area (Å²) >= 11 is -1.44. The molecule has 6 rings (SSSR count). The maximum absolute atomic E-state index is 12.3. The van der Waals surface area contributed by atoms with Gasteiger partial charge in [-0.1, -0.05) is 12.1 Å². The van der Waals surface area contributed by atoms with E-state index in [1.165, 1.54) is 56.3 Å². The van der Waals surface area contributed by atoms with E-state index in [9.17, 15) is 39.0 Å². The van der Waals surface area contributed by atoms with Crippen molar-refractivity contribution >= 4 is 34.7 Å². The van der Waals surface area contributed by atoms with E-state index in [2.05, 4.69) is 0 Å². The van der Waals surface area contributed by atoms with Gasteiger partial charge in [0.05, 0.1) is 22.3 Å². The zero-order chi connectivity index (χ0) is 30.2. The molecule has 12 nitrogen and oxygen atoms in total. The zero-order valence-electron chi connectivity index (χ0n) is 21.2. The van der Waals surface area contributed by atoms with Crippen LogP contribution in [0.4, 0.5) is 0 Å². The van der Waals surface area contributed by atoms with Gasteiger partial charge in [-0.2, -0.15) is 0 Å². The van der Waals surface area contributed by atoms with Crippen LogP contribution in [0, 0.1) is 0 Å². The number of hydrogen-bond donors (Lipinski definition) is 2. The van der Waals surface area contributed by atoms with Gasteiger partial charge in [-0.25, -0.2) is 0 Å². The second kappa shape index (κ2) is 11.2. The Bertz CT molecular complexity index is 1770. The van der Waals surface area contributed by atoms with Gasteiger partial charge in [0.25, 0.3) is 0 Å². The predicted molar refractivity (Wildman–Crippen MR) is 129 cm³/mol. The molecule has 2 N–H and O–H groups in total. The van der Waals surface area contributed by atoms with Crippen molar-refractivity contribution in [2.75, 3.05) is 0 Å². The summed E-state index contributed by atoms with van der Waals surface area (Å²) in [7, 11) is 0. The molecule has 1 atom stereocenters. The molecule has 1 unspecified atom stereocenters. The van der Waals surface area contributed by atoms with Crippen LogP contribution in [-0.4, -0.2) is 51.0 Å². The fourth-order valence-electron chi connectivity index (χ4n) is 4.51. The van der Waals surface area contributed by atoms with E-state index < -0.39 is 44.1 Å². The van der Waals surface area contributed by atoms with Gasteiger partial charge in [0.2, 0.25) is 17.3 Å². The van der Waals surface area contributed by atoms with Crippen LogP contribution in [0.1, 0.15) is 83.6 Å². The average Bonchev–Trinajstić information content (AvgIpc) is 3.58. The van der Waals surface area contributed by atoms with Gasteiger partial charge in [0.1, 0.15) is 11.5 Å². The summed E-state index contributed by atoms with van der Waals surface area (Å²) in [4.78, 5) is 71.4. The molecule has 3 aliphatic rings. The summed E-state index contributed by atoms with van der Waals surface area (Å²) in [5.74, 6) is -3.24. The number of fused-ring (bicyclic) bond motifs is 3. The van der Waals surface area contributed by atoms with Crippen molar-refractivity contribution in [1.29, 1.82) is 0 Å². The number of benzene rings is 2. The molecular formula is C28H18MnO12. The monoisotopic (exact) mass is 601 g/mol. The summed E-state index contributed by atoms with van der Waals surface area (Å²) in [6, 6.07) is 9.79. The van der Waals surface area contributed by atoms with Gasteiger partial charge in [-0.3, -0.25) is 28.8 Å². The van der Waals surface area contributed by atoms with Gasteiger partial charge in [-0.05, 0) is 37.3 Å². The number of ether oxygens (including phenoxy) is 1. The number of allylic oxidation sites excluding steroid dienone is 1. The molecule has 0 radical (unpaired) electrons. The van der Waals surface area contributed by atoms with Crippen LogP contribution in [0.2, 0.25) is 0 Å². The molecule has 2 heterocycles. The van der Waals surface area contributed by atoms with Gasteiger partial charge >= 0.3 is 22.5 Å². The van der Waals surface area contributed by atoms with E-state index >= 15 is 0 Å². The molecule has 41 heavy (non-hydrogen) atoms. The molecule has 13 heteroatoms.